The van der Waals surface area contributed by atoms with E-state index in [2.05, 4.69) is 15.9 Å². The van der Waals surface area contributed by atoms with Crippen LogP contribution >= 0.6 is 15.9 Å². The minimum Gasteiger partial charge on any atom is -0.321 e. The summed E-state index contributed by atoms with van der Waals surface area (Å²) in [5.74, 6) is -0.638. The maximum absolute atomic E-state index is 14.0. The Bertz CT molecular complexity index is 615. The van der Waals surface area contributed by atoms with Gasteiger partial charge < -0.3 is 5.73 Å². The number of rotatable bonds is 4. The molecule has 0 heterocycles. The van der Waals surface area contributed by atoms with Gasteiger partial charge in [-0.2, -0.15) is 0 Å². The fourth-order valence-electron chi connectivity index (χ4n) is 2.23. The van der Waals surface area contributed by atoms with Crippen molar-refractivity contribution in [2.75, 3.05) is 0 Å². The van der Waals surface area contributed by atoms with Gasteiger partial charge in [0.05, 0.1) is 0 Å². The first kappa shape index (κ1) is 15.1. The van der Waals surface area contributed by atoms with E-state index < -0.39 is 5.54 Å². The van der Waals surface area contributed by atoms with Crippen molar-refractivity contribution >= 4 is 15.9 Å². The molecular weight excluding hydrogens is 324 g/mol. The molecule has 4 heteroatoms. The zero-order valence-electron chi connectivity index (χ0n) is 11.2. The molecular formula is C16H16BrF2N. The van der Waals surface area contributed by atoms with Crippen LogP contribution < -0.4 is 5.73 Å². The molecule has 0 aromatic heterocycles. The van der Waals surface area contributed by atoms with Crippen LogP contribution in [0.2, 0.25) is 0 Å². The predicted molar refractivity (Wildman–Crippen MR) is 80.4 cm³/mol. The zero-order valence-corrected chi connectivity index (χ0v) is 12.8. The molecule has 0 amide bonds. The van der Waals surface area contributed by atoms with Crippen LogP contribution in [0.25, 0.3) is 0 Å². The van der Waals surface area contributed by atoms with Gasteiger partial charge in [0, 0.05) is 10.0 Å². The average molecular weight is 340 g/mol. The summed E-state index contributed by atoms with van der Waals surface area (Å²) in [7, 11) is 0. The van der Waals surface area contributed by atoms with Crippen molar-refractivity contribution in [3.05, 3.63) is 69.7 Å². The predicted octanol–water partition coefficient (Wildman–Crippen LogP) is 4.53. The Morgan fingerprint density at radius 3 is 2.50 bits per heavy atom. The van der Waals surface area contributed by atoms with E-state index >= 15 is 0 Å². The molecule has 1 atom stereocenters. The highest BCUT2D eigenvalue weighted by Gasteiger charge is 2.27. The number of hydrogen-bond acceptors (Lipinski definition) is 1. The zero-order chi connectivity index (χ0) is 14.8. The van der Waals surface area contributed by atoms with Crippen molar-refractivity contribution < 1.29 is 8.78 Å². The third kappa shape index (κ3) is 3.25. The van der Waals surface area contributed by atoms with Crippen molar-refractivity contribution in [2.24, 2.45) is 5.73 Å². The van der Waals surface area contributed by atoms with Crippen molar-refractivity contribution in [2.45, 2.75) is 25.3 Å². The van der Waals surface area contributed by atoms with Crippen LogP contribution in [0.3, 0.4) is 0 Å². The summed E-state index contributed by atoms with van der Waals surface area (Å²) in [6.07, 6.45) is 0.915. The molecule has 0 aliphatic carbocycles. The molecule has 0 fully saturated rings. The summed E-state index contributed by atoms with van der Waals surface area (Å²) >= 11 is 3.23. The van der Waals surface area contributed by atoms with Crippen LogP contribution in [-0.2, 0) is 12.0 Å². The second-order valence-corrected chi connectivity index (χ2v) is 5.85. The first-order valence-corrected chi connectivity index (χ1v) is 7.23. The molecule has 1 unspecified atom stereocenters. The lowest BCUT2D eigenvalue weighted by Crippen LogP contribution is -2.38. The molecule has 2 aromatic carbocycles. The largest absolute Gasteiger partial charge is 0.321 e. The Hall–Kier alpha value is -1.26. The standard InChI is InChI=1S/C16H16BrF2N/c1-2-16(20,12-4-3-5-14(18)8-12)10-11-6-7-13(17)9-15(11)19/h3-9H,2,10,20H2,1H3. The Morgan fingerprint density at radius 2 is 1.90 bits per heavy atom. The van der Waals surface area contributed by atoms with E-state index in [0.717, 1.165) is 0 Å². The Kier molecular flexibility index (Phi) is 4.55. The number of halogens is 3. The molecule has 2 aromatic rings. The van der Waals surface area contributed by atoms with Crippen molar-refractivity contribution in [3.8, 4) is 0 Å². The first-order valence-electron chi connectivity index (χ1n) is 6.43. The van der Waals surface area contributed by atoms with Gasteiger partial charge in [0.25, 0.3) is 0 Å². The Balaban J connectivity index is 2.36. The normalized spacial score (nSPS) is 14.1. The minimum atomic E-state index is -0.781. The lowest BCUT2D eigenvalue weighted by Gasteiger charge is -2.29. The van der Waals surface area contributed by atoms with Crippen LogP contribution in [0, 0.1) is 11.6 Å². The monoisotopic (exact) mass is 339 g/mol. The Morgan fingerprint density at radius 1 is 1.15 bits per heavy atom. The van der Waals surface area contributed by atoms with Crippen molar-refractivity contribution in [1.29, 1.82) is 0 Å². The van der Waals surface area contributed by atoms with Crippen LogP contribution in [0.1, 0.15) is 24.5 Å². The first-order chi connectivity index (χ1) is 9.44. The van der Waals surface area contributed by atoms with E-state index in [1.165, 1.54) is 18.2 Å². The number of nitrogens with two attached hydrogens (primary N) is 1. The molecule has 1 nitrogen and oxygen atoms in total. The fraction of sp³-hybridized carbons (Fsp3) is 0.250. The lowest BCUT2D eigenvalue weighted by molar-refractivity contribution is 0.413. The van der Waals surface area contributed by atoms with E-state index in [1.54, 1.807) is 24.3 Å². The molecule has 0 aliphatic rings. The van der Waals surface area contributed by atoms with E-state index in [0.29, 0.717) is 28.4 Å². The third-order valence-electron chi connectivity index (χ3n) is 3.55. The lowest BCUT2D eigenvalue weighted by atomic mass is 9.82. The van der Waals surface area contributed by atoms with Gasteiger partial charge in [-0.25, -0.2) is 8.78 Å². The highest BCUT2D eigenvalue weighted by molar-refractivity contribution is 9.10. The Labute approximate surface area is 125 Å². The maximum atomic E-state index is 14.0. The van der Waals surface area contributed by atoms with Crippen molar-refractivity contribution in [1.82, 2.24) is 0 Å². The number of hydrogen-bond donors (Lipinski definition) is 1. The molecule has 0 saturated carbocycles. The SMILES string of the molecule is CCC(N)(Cc1ccc(Br)cc1F)c1cccc(F)c1. The smallest absolute Gasteiger partial charge is 0.127 e. The van der Waals surface area contributed by atoms with Gasteiger partial charge in [-0.1, -0.05) is 41.1 Å². The highest BCUT2D eigenvalue weighted by Crippen LogP contribution is 2.29. The van der Waals surface area contributed by atoms with Crippen LogP contribution in [0.15, 0.2) is 46.9 Å². The van der Waals surface area contributed by atoms with E-state index in [1.807, 2.05) is 6.92 Å². The van der Waals surface area contributed by atoms with Crippen molar-refractivity contribution in [3.63, 3.8) is 0 Å². The summed E-state index contributed by atoms with van der Waals surface area (Å²) in [6, 6.07) is 11.1. The van der Waals surface area contributed by atoms with Gasteiger partial charge in [-0.05, 0) is 48.2 Å². The van der Waals surface area contributed by atoms with Crippen LogP contribution in [0.5, 0.6) is 0 Å². The maximum Gasteiger partial charge on any atom is 0.127 e. The molecule has 2 N–H and O–H groups in total. The highest BCUT2D eigenvalue weighted by atomic mass is 79.9. The van der Waals surface area contributed by atoms with Gasteiger partial charge in [0.15, 0.2) is 0 Å². The summed E-state index contributed by atoms with van der Waals surface area (Å²) < 4.78 is 28.0. The average Bonchev–Trinajstić information content (AvgIpc) is 2.42. The summed E-state index contributed by atoms with van der Waals surface area (Å²) in [6.45, 7) is 1.92. The minimum absolute atomic E-state index is 0.306. The second-order valence-electron chi connectivity index (χ2n) is 4.93. The third-order valence-corrected chi connectivity index (χ3v) is 4.04. The second kappa shape index (κ2) is 6.02. The molecule has 106 valence electrons. The molecule has 0 radical (unpaired) electrons. The molecule has 0 aliphatic heterocycles. The summed E-state index contributed by atoms with van der Waals surface area (Å²) in [5.41, 5.74) is 6.81. The van der Waals surface area contributed by atoms with Crippen LogP contribution in [-0.4, -0.2) is 0 Å². The molecule has 0 bridgehead atoms. The van der Waals surface area contributed by atoms with E-state index in [9.17, 15) is 8.78 Å². The number of benzene rings is 2. The van der Waals surface area contributed by atoms with Gasteiger partial charge in [-0.15, -0.1) is 0 Å². The summed E-state index contributed by atoms with van der Waals surface area (Å²) in [4.78, 5) is 0. The molecule has 2 rings (SSSR count). The van der Waals surface area contributed by atoms with Crippen LogP contribution in [0.4, 0.5) is 8.78 Å². The summed E-state index contributed by atoms with van der Waals surface area (Å²) in [5, 5.41) is 0. The topological polar surface area (TPSA) is 26.0 Å². The fourth-order valence-corrected chi connectivity index (χ4v) is 2.57. The van der Waals surface area contributed by atoms with Gasteiger partial charge in [0.1, 0.15) is 11.6 Å². The van der Waals surface area contributed by atoms with Gasteiger partial charge >= 0.3 is 0 Å². The molecule has 0 saturated heterocycles. The molecule has 20 heavy (non-hydrogen) atoms. The van der Waals surface area contributed by atoms with Gasteiger partial charge in [-0.3, -0.25) is 0 Å². The quantitative estimate of drug-likeness (QED) is 0.869. The molecule has 0 spiro atoms. The van der Waals surface area contributed by atoms with E-state index in [4.69, 9.17) is 5.73 Å². The van der Waals surface area contributed by atoms with Gasteiger partial charge in [0.2, 0.25) is 0 Å². The van der Waals surface area contributed by atoms with E-state index in [-0.39, 0.29) is 11.6 Å².